The lowest BCUT2D eigenvalue weighted by Gasteiger charge is -2.17. The number of hydrogen-bond donors (Lipinski definition) is 2. The lowest BCUT2D eigenvalue weighted by molar-refractivity contribution is 0.183. The van der Waals surface area contributed by atoms with Crippen LogP contribution < -0.4 is 4.72 Å². The van der Waals surface area contributed by atoms with Crippen LogP contribution in [0.25, 0.3) is 10.9 Å². The second-order valence-corrected chi connectivity index (χ2v) is 8.98. The number of benzene rings is 2. The van der Waals surface area contributed by atoms with Gasteiger partial charge in [0, 0.05) is 36.3 Å². The van der Waals surface area contributed by atoms with Crippen molar-refractivity contribution in [2.75, 3.05) is 6.54 Å². The normalized spacial score (nSPS) is 15.6. The van der Waals surface area contributed by atoms with E-state index in [1.54, 1.807) is 12.1 Å². The van der Waals surface area contributed by atoms with Gasteiger partial charge in [0.15, 0.2) is 0 Å². The number of aryl methyl sites for hydroxylation is 3. The third kappa shape index (κ3) is 3.52. The zero-order chi connectivity index (χ0) is 19.0. The first-order valence-electron chi connectivity index (χ1n) is 9.29. The third-order valence-corrected chi connectivity index (χ3v) is 6.80. The highest BCUT2D eigenvalue weighted by molar-refractivity contribution is 7.89. The molecule has 2 N–H and O–H groups in total. The molecule has 4 rings (SSSR count). The Hall–Kier alpha value is -2.15. The summed E-state index contributed by atoms with van der Waals surface area (Å²) in [4.78, 5) is 0.272. The summed E-state index contributed by atoms with van der Waals surface area (Å²) in [7, 11) is -1.75. The molecule has 0 spiro atoms. The van der Waals surface area contributed by atoms with E-state index in [1.807, 2.05) is 48.1 Å². The second-order valence-electron chi connectivity index (χ2n) is 7.22. The number of hydrogen-bond acceptors (Lipinski definition) is 3. The van der Waals surface area contributed by atoms with Crippen LogP contribution >= 0.6 is 0 Å². The maximum absolute atomic E-state index is 12.7. The first kappa shape index (κ1) is 18.2. The van der Waals surface area contributed by atoms with E-state index in [4.69, 9.17) is 0 Å². The number of fused-ring (bicyclic) bond motifs is 2. The van der Waals surface area contributed by atoms with E-state index in [1.165, 1.54) is 5.56 Å². The van der Waals surface area contributed by atoms with Crippen LogP contribution in [-0.4, -0.2) is 24.6 Å². The van der Waals surface area contributed by atoms with E-state index in [0.29, 0.717) is 0 Å². The van der Waals surface area contributed by atoms with Gasteiger partial charge in [0.2, 0.25) is 10.0 Å². The van der Waals surface area contributed by atoms with Crippen LogP contribution in [-0.2, 0) is 29.9 Å². The summed E-state index contributed by atoms with van der Waals surface area (Å²) in [5.41, 5.74) is 4.10. The molecule has 27 heavy (non-hydrogen) atoms. The van der Waals surface area contributed by atoms with Crippen molar-refractivity contribution < 1.29 is 13.5 Å². The number of rotatable bonds is 5. The molecule has 1 aromatic heterocycles. The van der Waals surface area contributed by atoms with Gasteiger partial charge in [-0.3, -0.25) is 0 Å². The van der Waals surface area contributed by atoms with Crippen molar-refractivity contribution in [1.29, 1.82) is 0 Å². The van der Waals surface area contributed by atoms with Gasteiger partial charge < -0.3 is 9.67 Å². The summed E-state index contributed by atoms with van der Waals surface area (Å²) in [5.74, 6) is 0. The lowest BCUT2D eigenvalue weighted by atomic mass is 9.92. The number of para-hydroxylation sites is 1. The fourth-order valence-electron chi connectivity index (χ4n) is 3.90. The van der Waals surface area contributed by atoms with Crippen LogP contribution in [0, 0.1) is 0 Å². The topological polar surface area (TPSA) is 71.3 Å². The quantitative estimate of drug-likeness (QED) is 0.710. The van der Waals surface area contributed by atoms with Crippen molar-refractivity contribution in [3.8, 4) is 0 Å². The smallest absolute Gasteiger partial charge is 0.240 e. The molecule has 1 aliphatic carbocycles. The molecule has 0 saturated heterocycles. The third-order valence-electron chi connectivity index (χ3n) is 5.38. The molecular formula is C21H24N2O3S. The molecule has 1 atom stereocenters. The Bertz CT molecular complexity index is 1090. The van der Waals surface area contributed by atoms with Crippen molar-refractivity contribution in [3.05, 3.63) is 65.4 Å². The number of nitrogens with one attached hydrogen (secondary N) is 1. The minimum atomic E-state index is -3.66. The first-order valence-corrected chi connectivity index (χ1v) is 10.8. The van der Waals surface area contributed by atoms with E-state index >= 15 is 0 Å². The Labute approximate surface area is 159 Å². The largest absolute Gasteiger partial charge is 0.387 e. The lowest BCUT2D eigenvalue weighted by Crippen LogP contribution is -2.28. The molecule has 0 bridgehead atoms. The molecule has 142 valence electrons. The highest BCUT2D eigenvalue weighted by Crippen LogP contribution is 2.27. The summed E-state index contributed by atoms with van der Waals surface area (Å²) in [6.07, 6.45) is 5.14. The fourth-order valence-corrected chi connectivity index (χ4v) is 4.99. The molecule has 0 saturated carbocycles. The summed E-state index contributed by atoms with van der Waals surface area (Å²) < 4.78 is 29.9. The monoisotopic (exact) mass is 384 g/mol. The van der Waals surface area contributed by atoms with E-state index in [2.05, 4.69) is 4.72 Å². The van der Waals surface area contributed by atoms with E-state index in [9.17, 15) is 13.5 Å². The highest BCUT2D eigenvalue weighted by Gasteiger charge is 2.21. The van der Waals surface area contributed by atoms with Crippen molar-refractivity contribution in [3.63, 3.8) is 0 Å². The summed E-state index contributed by atoms with van der Waals surface area (Å²) in [6, 6.07) is 13.1. The van der Waals surface area contributed by atoms with Crippen molar-refractivity contribution in [1.82, 2.24) is 9.29 Å². The van der Waals surface area contributed by atoms with E-state index in [0.717, 1.165) is 47.7 Å². The van der Waals surface area contributed by atoms with Gasteiger partial charge in [-0.1, -0.05) is 24.3 Å². The number of aliphatic hydroxyl groups excluding tert-OH is 1. The Morgan fingerprint density at radius 3 is 2.67 bits per heavy atom. The maximum Gasteiger partial charge on any atom is 0.240 e. The van der Waals surface area contributed by atoms with Crippen molar-refractivity contribution in [2.45, 2.75) is 36.7 Å². The Morgan fingerprint density at radius 2 is 1.85 bits per heavy atom. The zero-order valence-corrected chi connectivity index (χ0v) is 16.2. The standard InChI is InChI=1S/C21H24N2O3S/c1-23-14-19(18-8-4-5-9-20(18)23)21(24)13-22-27(25,26)17-11-10-15-6-2-3-7-16(15)12-17/h4-5,8-12,14,21-22,24H,2-3,6-7,13H2,1H3/t21-/m1/s1. The number of aliphatic hydroxyl groups is 1. The van der Waals surface area contributed by atoms with Gasteiger partial charge in [-0.15, -0.1) is 0 Å². The van der Waals surface area contributed by atoms with Crippen molar-refractivity contribution in [2.24, 2.45) is 7.05 Å². The Balaban J connectivity index is 1.53. The molecule has 1 aliphatic rings. The van der Waals surface area contributed by atoms with E-state index < -0.39 is 16.1 Å². The second kappa shape index (κ2) is 7.11. The van der Waals surface area contributed by atoms with Gasteiger partial charge in [-0.2, -0.15) is 0 Å². The van der Waals surface area contributed by atoms with Gasteiger partial charge in [0.25, 0.3) is 0 Å². The molecule has 5 nitrogen and oxygen atoms in total. The SMILES string of the molecule is Cn1cc([C@H](O)CNS(=O)(=O)c2ccc3c(c2)CCCC3)c2ccccc21. The summed E-state index contributed by atoms with van der Waals surface area (Å²) >= 11 is 0. The average molecular weight is 385 g/mol. The van der Waals surface area contributed by atoms with Crippen molar-refractivity contribution >= 4 is 20.9 Å². The fraction of sp³-hybridized carbons (Fsp3) is 0.333. The summed E-state index contributed by atoms with van der Waals surface area (Å²) in [6.45, 7) is -0.0621. The Morgan fingerprint density at radius 1 is 1.11 bits per heavy atom. The van der Waals surface area contributed by atoms with Crippen LogP contribution in [0.2, 0.25) is 0 Å². The minimum absolute atomic E-state index is 0.0621. The molecule has 6 heteroatoms. The molecule has 0 unspecified atom stereocenters. The number of aromatic nitrogens is 1. The molecule has 1 heterocycles. The molecule has 0 aliphatic heterocycles. The van der Waals surface area contributed by atoms with Gasteiger partial charge in [0.05, 0.1) is 11.0 Å². The van der Waals surface area contributed by atoms with Crippen LogP contribution in [0.15, 0.2) is 53.6 Å². The predicted molar refractivity (Wildman–Crippen MR) is 106 cm³/mol. The molecule has 0 amide bonds. The Kier molecular flexibility index (Phi) is 4.80. The molecule has 0 radical (unpaired) electrons. The van der Waals surface area contributed by atoms with Gasteiger partial charge in [-0.05, 0) is 55.0 Å². The van der Waals surface area contributed by atoms with Gasteiger partial charge in [0.1, 0.15) is 0 Å². The van der Waals surface area contributed by atoms with Crippen LogP contribution in [0.1, 0.15) is 35.6 Å². The maximum atomic E-state index is 12.7. The zero-order valence-electron chi connectivity index (χ0n) is 15.4. The van der Waals surface area contributed by atoms with E-state index in [-0.39, 0.29) is 11.4 Å². The van der Waals surface area contributed by atoms with Gasteiger partial charge >= 0.3 is 0 Å². The first-order chi connectivity index (χ1) is 13.0. The van der Waals surface area contributed by atoms with Crippen LogP contribution in [0.5, 0.6) is 0 Å². The highest BCUT2D eigenvalue weighted by atomic mass is 32.2. The molecule has 2 aromatic carbocycles. The van der Waals surface area contributed by atoms with Gasteiger partial charge in [-0.25, -0.2) is 13.1 Å². The predicted octanol–water partition coefficient (Wildman–Crippen LogP) is 3.07. The minimum Gasteiger partial charge on any atom is -0.387 e. The number of nitrogens with zero attached hydrogens (tertiary/aromatic N) is 1. The summed E-state index contributed by atoms with van der Waals surface area (Å²) in [5, 5.41) is 11.5. The molecule has 0 fully saturated rings. The molecule has 3 aromatic rings. The molecular weight excluding hydrogens is 360 g/mol. The average Bonchev–Trinajstić information content (AvgIpc) is 3.03. The van der Waals surface area contributed by atoms with Crippen LogP contribution in [0.4, 0.5) is 0 Å². The van der Waals surface area contributed by atoms with Crippen LogP contribution in [0.3, 0.4) is 0 Å². The number of sulfonamides is 1.